The maximum atomic E-state index is 9.93. The van der Waals surface area contributed by atoms with Gasteiger partial charge in [-0.05, 0) is 0 Å². The lowest BCUT2D eigenvalue weighted by Crippen LogP contribution is -2.33. The summed E-state index contributed by atoms with van der Waals surface area (Å²) < 4.78 is 13.8. The van der Waals surface area contributed by atoms with Gasteiger partial charge in [-0.2, -0.15) is 0 Å². The summed E-state index contributed by atoms with van der Waals surface area (Å²) in [5, 5.41) is 32.5. The van der Waals surface area contributed by atoms with E-state index in [1.165, 1.54) is 0 Å². The van der Waals surface area contributed by atoms with E-state index in [1.54, 1.807) is 0 Å². The molecule has 2 atom stereocenters. The zero-order valence-corrected chi connectivity index (χ0v) is 9.60. The summed E-state index contributed by atoms with van der Waals surface area (Å²) in [6.07, 6.45) is -1.24. The van der Waals surface area contributed by atoms with Crippen molar-refractivity contribution in [3.8, 4) is 0 Å². The van der Waals surface area contributed by atoms with Gasteiger partial charge in [0, 0.05) is 0 Å². The Morgan fingerprint density at radius 2 is 1.76 bits per heavy atom. The molecular formula is C6H16NO9P. The molecule has 17 heavy (non-hydrogen) atoms. The van der Waals surface area contributed by atoms with Gasteiger partial charge in [-0.25, -0.2) is 4.57 Å². The third-order valence-electron chi connectivity index (χ3n) is 1.16. The standard InChI is InChI=1S/C3H7NO3.C3H9O6P/c4-2(1-5)3(6)7;4-1-3(5)2-9-10(6,7)8/h2,5H,1,4H2,(H,6,7);3-5H,1-2H2,(H2,6,7,8). The van der Waals surface area contributed by atoms with Crippen LogP contribution in [0.25, 0.3) is 0 Å². The number of carboxylic acid groups (broad SMARTS) is 1. The van der Waals surface area contributed by atoms with Crippen molar-refractivity contribution in [2.75, 3.05) is 19.8 Å². The monoisotopic (exact) mass is 277 g/mol. The summed E-state index contributed by atoms with van der Waals surface area (Å²) in [4.78, 5) is 25.8. The van der Waals surface area contributed by atoms with Crippen molar-refractivity contribution in [2.24, 2.45) is 5.73 Å². The van der Waals surface area contributed by atoms with Gasteiger partial charge in [-0.15, -0.1) is 0 Å². The fourth-order valence-corrected chi connectivity index (χ4v) is 0.680. The van der Waals surface area contributed by atoms with Crippen LogP contribution in [0.1, 0.15) is 0 Å². The highest BCUT2D eigenvalue weighted by Gasteiger charge is 2.15. The number of hydrogen-bond donors (Lipinski definition) is 7. The fraction of sp³-hybridized carbons (Fsp3) is 0.833. The molecule has 10 nitrogen and oxygen atoms in total. The maximum absolute atomic E-state index is 9.93. The van der Waals surface area contributed by atoms with Crippen molar-refractivity contribution in [1.82, 2.24) is 0 Å². The molecule has 8 N–H and O–H groups in total. The lowest BCUT2D eigenvalue weighted by Gasteiger charge is -2.07. The molecule has 11 heteroatoms. The molecular weight excluding hydrogens is 261 g/mol. The molecule has 0 aliphatic rings. The second kappa shape index (κ2) is 9.45. The van der Waals surface area contributed by atoms with Crippen LogP contribution in [0.4, 0.5) is 0 Å². The molecule has 0 aromatic rings. The van der Waals surface area contributed by atoms with Crippen LogP contribution in [0, 0.1) is 0 Å². The molecule has 0 rings (SSSR count). The predicted molar refractivity (Wildman–Crippen MR) is 53.8 cm³/mol. The van der Waals surface area contributed by atoms with Gasteiger partial charge in [0.25, 0.3) is 0 Å². The minimum absolute atomic E-state index is 0.505. The van der Waals surface area contributed by atoms with Crippen molar-refractivity contribution in [3.63, 3.8) is 0 Å². The molecule has 0 aliphatic carbocycles. The van der Waals surface area contributed by atoms with Crippen molar-refractivity contribution in [2.45, 2.75) is 12.1 Å². The SMILES string of the molecule is NC(CO)C(=O)O.O=P(O)(O)OCC(O)CO. The minimum Gasteiger partial charge on any atom is -0.480 e. The van der Waals surface area contributed by atoms with E-state index in [4.69, 9.17) is 35.9 Å². The van der Waals surface area contributed by atoms with Crippen LogP contribution in [0.2, 0.25) is 0 Å². The largest absolute Gasteiger partial charge is 0.480 e. The Kier molecular flexibility index (Phi) is 10.4. The van der Waals surface area contributed by atoms with Gasteiger partial charge in [0.15, 0.2) is 0 Å². The predicted octanol–water partition coefficient (Wildman–Crippen LogP) is -3.16. The number of aliphatic carboxylic acids is 1. The van der Waals surface area contributed by atoms with E-state index in [1.807, 2.05) is 0 Å². The molecule has 0 amide bonds. The van der Waals surface area contributed by atoms with E-state index in [9.17, 15) is 9.36 Å². The Bertz CT molecular complexity index is 254. The lowest BCUT2D eigenvalue weighted by molar-refractivity contribution is -0.139. The highest BCUT2D eigenvalue weighted by atomic mass is 31.2. The van der Waals surface area contributed by atoms with Crippen LogP contribution in [-0.2, 0) is 13.9 Å². The lowest BCUT2D eigenvalue weighted by atomic mass is 10.3. The average molecular weight is 277 g/mol. The van der Waals surface area contributed by atoms with E-state index >= 15 is 0 Å². The van der Waals surface area contributed by atoms with Crippen LogP contribution in [-0.4, -0.2) is 68.1 Å². The normalized spacial score (nSPS) is 14.5. The van der Waals surface area contributed by atoms with E-state index < -0.39 is 45.8 Å². The Labute approximate surface area is 96.5 Å². The van der Waals surface area contributed by atoms with Crippen molar-refractivity contribution < 1.29 is 44.1 Å². The number of rotatable bonds is 6. The van der Waals surface area contributed by atoms with Gasteiger partial charge in [0.2, 0.25) is 0 Å². The number of phosphoric acid groups is 1. The molecule has 0 radical (unpaired) electrons. The minimum atomic E-state index is -4.50. The van der Waals surface area contributed by atoms with E-state index in [0.717, 1.165) is 0 Å². The molecule has 0 fully saturated rings. The molecule has 104 valence electrons. The van der Waals surface area contributed by atoms with Crippen LogP contribution in [0.15, 0.2) is 0 Å². The zero-order valence-electron chi connectivity index (χ0n) is 8.71. The van der Waals surface area contributed by atoms with Gasteiger partial charge in [0.1, 0.15) is 12.1 Å². The number of carboxylic acids is 1. The Hall–Kier alpha value is -0.580. The van der Waals surface area contributed by atoms with Crippen LogP contribution in [0.5, 0.6) is 0 Å². The van der Waals surface area contributed by atoms with Gasteiger partial charge in [-0.1, -0.05) is 0 Å². The van der Waals surface area contributed by atoms with Crippen LogP contribution in [0.3, 0.4) is 0 Å². The van der Waals surface area contributed by atoms with Crippen LogP contribution < -0.4 is 5.73 Å². The first kappa shape index (κ1) is 18.8. The molecule has 0 spiro atoms. The van der Waals surface area contributed by atoms with Crippen molar-refractivity contribution >= 4 is 13.8 Å². The highest BCUT2D eigenvalue weighted by Crippen LogP contribution is 2.35. The third-order valence-corrected chi connectivity index (χ3v) is 1.65. The van der Waals surface area contributed by atoms with Crippen molar-refractivity contribution in [3.05, 3.63) is 0 Å². The molecule has 0 saturated heterocycles. The number of aliphatic hydroxyl groups excluding tert-OH is 3. The number of phosphoric ester groups is 1. The average Bonchev–Trinajstić information content (AvgIpc) is 2.24. The van der Waals surface area contributed by atoms with E-state index in [0.29, 0.717) is 0 Å². The number of aliphatic hydroxyl groups is 3. The summed E-state index contributed by atoms with van der Waals surface area (Å²) in [5.41, 5.74) is 4.77. The second-order valence-corrected chi connectivity index (χ2v) is 3.99. The number of nitrogens with two attached hydrogens (primary N) is 1. The van der Waals surface area contributed by atoms with Gasteiger partial charge in [0.05, 0.1) is 19.8 Å². The molecule has 0 aromatic carbocycles. The summed E-state index contributed by atoms with van der Waals surface area (Å²) in [5.74, 6) is -1.18. The molecule has 0 bridgehead atoms. The Morgan fingerprint density at radius 1 is 1.29 bits per heavy atom. The smallest absolute Gasteiger partial charge is 0.469 e. The highest BCUT2D eigenvalue weighted by molar-refractivity contribution is 7.46. The Morgan fingerprint density at radius 3 is 1.94 bits per heavy atom. The molecule has 0 saturated carbocycles. The topological polar surface area (TPSA) is 191 Å². The first-order valence-electron chi connectivity index (χ1n) is 4.22. The molecule has 0 aromatic heterocycles. The van der Waals surface area contributed by atoms with E-state index in [-0.39, 0.29) is 0 Å². The zero-order chi connectivity index (χ0) is 14.1. The summed E-state index contributed by atoms with van der Waals surface area (Å²) in [6, 6.07) is -1.13. The van der Waals surface area contributed by atoms with Crippen molar-refractivity contribution in [1.29, 1.82) is 0 Å². The summed E-state index contributed by atoms with van der Waals surface area (Å²) in [7, 11) is -4.50. The van der Waals surface area contributed by atoms with Gasteiger partial charge < -0.3 is 35.9 Å². The van der Waals surface area contributed by atoms with Gasteiger partial charge >= 0.3 is 13.8 Å². The maximum Gasteiger partial charge on any atom is 0.469 e. The quantitative estimate of drug-likeness (QED) is 0.244. The second-order valence-electron chi connectivity index (χ2n) is 2.75. The third kappa shape index (κ3) is 15.4. The first-order chi connectivity index (χ1) is 7.64. The Balaban J connectivity index is 0. The number of hydrogen-bond acceptors (Lipinski definition) is 7. The molecule has 0 aliphatic heterocycles. The van der Waals surface area contributed by atoms with Gasteiger partial charge in [-0.3, -0.25) is 9.32 Å². The molecule has 0 heterocycles. The summed E-state index contributed by atoms with van der Waals surface area (Å²) >= 11 is 0. The number of carbonyl (C=O) groups is 1. The summed E-state index contributed by atoms with van der Waals surface area (Å²) in [6.45, 7) is -1.66. The first-order valence-corrected chi connectivity index (χ1v) is 5.75. The fourth-order valence-electron chi connectivity index (χ4n) is 0.314. The molecule has 2 unspecified atom stereocenters. The van der Waals surface area contributed by atoms with E-state index in [2.05, 4.69) is 4.52 Å². The van der Waals surface area contributed by atoms with Crippen LogP contribution >= 0.6 is 7.82 Å².